The predicted octanol–water partition coefficient (Wildman–Crippen LogP) is -1.50. The van der Waals surface area contributed by atoms with Crippen LogP contribution in [0.3, 0.4) is 0 Å². The Morgan fingerprint density at radius 3 is 3.10 bits per heavy atom. The molecule has 1 heterocycles. The van der Waals surface area contributed by atoms with Crippen molar-refractivity contribution in [1.29, 1.82) is 0 Å². The van der Waals surface area contributed by atoms with Crippen LogP contribution in [0.15, 0.2) is 0 Å². The average Bonchev–Trinajstić information content (AvgIpc) is 2.05. The lowest BCUT2D eigenvalue weighted by Gasteiger charge is -2.21. The summed E-state index contributed by atoms with van der Waals surface area (Å²) in [6, 6.07) is -0.168. The first-order valence-corrected chi connectivity index (χ1v) is 3.38. The third-order valence-electron chi connectivity index (χ3n) is 1.51. The number of nitrogens with one attached hydrogen (secondary N) is 1. The van der Waals surface area contributed by atoms with Crippen molar-refractivity contribution in [2.24, 2.45) is 5.73 Å². The fourth-order valence-corrected chi connectivity index (χ4v) is 0.914. The maximum atomic E-state index is 10.9. The molecule has 1 aliphatic heterocycles. The van der Waals surface area contributed by atoms with E-state index >= 15 is 0 Å². The van der Waals surface area contributed by atoms with Crippen molar-refractivity contribution < 1.29 is 9.53 Å². The molecule has 1 unspecified atom stereocenters. The molecule has 1 fully saturated rings. The van der Waals surface area contributed by atoms with Crippen LogP contribution in [0.1, 0.15) is 0 Å². The quantitative estimate of drug-likeness (QED) is 0.495. The van der Waals surface area contributed by atoms with Crippen LogP contribution >= 0.6 is 0 Å². The summed E-state index contributed by atoms with van der Waals surface area (Å²) in [6.07, 6.45) is 0. The summed E-state index contributed by atoms with van der Waals surface area (Å²) in [5.74, 6) is 0.0275. The van der Waals surface area contributed by atoms with Crippen molar-refractivity contribution >= 4 is 5.78 Å². The first-order chi connectivity index (χ1) is 4.84. The second-order valence-corrected chi connectivity index (χ2v) is 2.25. The summed E-state index contributed by atoms with van der Waals surface area (Å²) < 4.78 is 5.07. The molecule has 0 radical (unpaired) electrons. The Bertz CT molecular complexity index is 121. The Labute approximate surface area is 59.7 Å². The van der Waals surface area contributed by atoms with Gasteiger partial charge in [-0.15, -0.1) is 0 Å². The Morgan fingerprint density at radius 2 is 2.60 bits per heavy atom. The van der Waals surface area contributed by atoms with Gasteiger partial charge in [-0.25, -0.2) is 0 Å². The van der Waals surface area contributed by atoms with Crippen LogP contribution in [-0.4, -0.2) is 38.1 Å². The van der Waals surface area contributed by atoms with Gasteiger partial charge < -0.3 is 15.8 Å². The van der Waals surface area contributed by atoms with Crippen molar-refractivity contribution in [2.45, 2.75) is 6.04 Å². The first-order valence-electron chi connectivity index (χ1n) is 3.38. The lowest BCUT2D eigenvalue weighted by Crippen LogP contribution is -2.48. The van der Waals surface area contributed by atoms with Gasteiger partial charge in [0.1, 0.15) is 0 Å². The second kappa shape index (κ2) is 3.65. The molecular weight excluding hydrogens is 132 g/mol. The van der Waals surface area contributed by atoms with E-state index in [1.54, 1.807) is 0 Å². The van der Waals surface area contributed by atoms with Crippen LogP contribution in [0, 0.1) is 0 Å². The molecule has 0 amide bonds. The molecule has 0 saturated carbocycles. The molecule has 0 aromatic carbocycles. The maximum absolute atomic E-state index is 10.9. The van der Waals surface area contributed by atoms with E-state index in [4.69, 9.17) is 10.5 Å². The Morgan fingerprint density at radius 1 is 1.80 bits per heavy atom. The fraction of sp³-hybridized carbons (Fsp3) is 0.833. The number of nitrogens with two attached hydrogens (primary N) is 1. The summed E-state index contributed by atoms with van der Waals surface area (Å²) >= 11 is 0. The summed E-state index contributed by atoms with van der Waals surface area (Å²) in [5, 5.41) is 3.02. The van der Waals surface area contributed by atoms with E-state index in [0.717, 1.165) is 6.54 Å². The molecule has 10 heavy (non-hydrogen) atoms. The van der Waals surface area contributed by atoms with E-state index in [2.05, 4.69) is 5.32 Å². The lowest BCUT2D eigenvalue weighted by atomic mass is 10.2. The number of hydrogen-bond acceptors (Lipinski definition) is 4. The Kier molecular flexibility index (Phi) is 2.80. The van der Waals surface area contributed by atoms with Crippen molar-refractivity contribution in [3.8, 4) is 0 Å². The van der Waals surface area contributed by atoms with E-state index in [1.807, 2.05) is 0 Å². The van der Waals surface area contributed by atoms with Crippen LogP contribution in [0.25, 0.3) is 0 Å². The van der Waals surface area contributed by atoms with Gasteiger partial charge in [0.25, 0.3) is 0 Å². The van der Waals surface area contributed by atoms with Crippen LogP contribution in [0.5, 0.6) is 0 Å². The molecule has 1 aliphatic rings. The van der Waals surface area contributed by atoms with Gasteiger partial charge in [0.2, 0.25) is 0 Å². The van der Waals surface area contributed by atoms with Gasteiger partial charge in [0.05, 0.1) is 25.8 Å². The molecule has 58 valence electrons. The summed E-state index contributed by atoms with van der Waals surface area (Å²) in [7, 11) is 0. The summed E-state index contributed by atoms with van der Waals surface area (Å²) in [4.78, 5) is 10.9. The minimum absolute atomic E-state index is 0.0275. The second-order valence-electron chi connectivity index (χ2n) is 2.25. The highest BCUT2D eigenvalue weighted by Crippen LogP contribution is 1.92. The minimum atomic E-state index is -0.168. The molecule has 0 spiro atoms. The summed E-state index contributed by atoms with van der Waals surface area (Å²) in [5.41, 5.74) is 5.16. The van der Waals surface area contributed by atoms with Crippen LogP contribution in [0.4, 0.5) is 0 Å². The van der Waals surface area contributed by atoms with Crippen molar-refractivity contribution in [3.05, 3.63) is 0 Å². The van der Waals surface area contributed by atoms with Gasteiger partial charge in [0.15, 0.2) is 5.78 Å². The van der Waals surface area contributed by atoms with E-state index in [1.165, 1.54) is 0 Å². The largest absolute Gasteiger partial charge is 0.378 e. The van der Waals surface area contributed by atoms with Gasteiger partial charge >= 0.3 is 0 Å². The zero-order valence-corrected chi connectivity index (χ0v) is 5.80. The molecule has 1 rings (SSSR count). The molecule has 1 saturated heterocycles. The number of carbonyl (C=O) groups is 1. The molecule has 0 aliphatic carbocycles. The smallest absolute Gasteiger partial charge is 0.165 e. The molecule has 3 N–H and O–H groups in total. The van der Waals surface area contributed by atoms with Crippen LogP contribution in [0.2, 0.25) is 0 Å². The van der Waals surface area contributed by atoms with Crippen molar-refractivity contribution in [3.63, 3.8) is 0 Å². The Balaban J connectivity index is 2.31. The standard InChI is InChI=1S/C6H12N2O2/c7-3-6(9)5-4-10-2-1-8-5/h5,8H,1-4,7H2. The third kappa shape index (κ3) is 1.76. The van der Waals surface area contributed by atoms with Crippen molar-refractivity contribution in [1.82, 2.24) is 5.32 Å². The van der Waals surface area contributed by atoms with Gasteiger partial charge in [-0.3, -0.25) is 4.79 Å². The summed E-state index contributed by atoms with van der Waals surface area (Å²) in [6.45, 7) is 2.00. The number of ether oxygens (including phenoxy) is 1. The first kappa shape index (κ1) is 7.65. The van der Waals surface area contributed by atoms with Gasteiger partial charge in [0, 0.05) is 6.54 Å². The van der Waals surface area contributed by atoms with E-state index in [0.29, 0.717) is 13.2 Å². The monoisotopic (exact) mass is 144 g/mol. The number of Topliss-reactive ketones (excluding diaryl/α,β-unsaturated/α-hetero) is 1. The third-order valence-corrected chi connectivity index (χ3v) is 1.51. The molecule has 4 heteroatoms. The van der Waals surface area contributed by atoms with E-state index in [9.17, 15) is 4.79 Å². The van der Waals surface area contributed by atoms with Gasteiger partial charge in [-0.2, -0.15) is 0 Å². The highest BCUT2D eigenvalue weighted by Gasteiger charge is 2.18. The highest BCUT2D eigenvalue weighted by molar-refractivity contribution is 5.85. The van der Waals surface area contributed by atoms with Crippen LogP contribution in [-0.2, 0) is 9.53 Å². The fourth-order valence-electron chi connectivity index (χ4n) is 0.914. The normalized spacial score (nSPS) is 26.3. The number of ketones is 1. The van der Waals surface area contributed by atoms with Gasteiger partial charge in [-0.1, -0.05) is 0 Å². The lowest BCUT2D eigenvalue weighted by molar-refractivity contribution is -0.122. The predicted molar refractivity (Wildman–Crippen MR) is 36.7 cm³/mol. The van der Waals surface area contributed by atoms with Gasteiger partial charge in [-0.05, 0) is 0 Å². The molecule has 4 nitrogen and oxygen atoms in total. The maximum Gasteiger partial charge on any atom is 0.165 e. The highest BCUT2D eigenvalue weighted by atomic mass is 16.5. The van der Waals surface area contributed by atoms with E-state index < -0.39 is 0 Å². The number of hydrogen-bond donors (Lipinski definition) is 2. The SMILES string of the molecule is NCC(=O)C1COCCN1. The molecule has 0 aromatic rings. The van der Waals surface area contributed by atoms with Crippen molar-refractivity contribution in [2.75, 3.05) is 26.3 Å². The minimum Gasteiger partial charge on any atom is -0.378 e. The topological polar surface area (TPSA) is 64.4 Å². The average molecular weight is 144 g/mol. The van der Waals surface area contributed by atoms with Crippen LogP contribution < -0.4 is 11.1 Å². The molecular formula is C6H12N2O2. The molecule has 1 atom stereocenters. The number of morpholine rings is 1. The van der Waals surface area contributed by atoms with E-state index in [-0.39, 0.29) is 18.4 Å². The molecule has 0 bridgehead atoms. The molecule has 0 aromatic heterocycles. The Hall–Kier alpha value is -0.450. The number of carbonyl (C=O) groups excluding carboxylic acids is 1. The number of rotatable bonds is 2. The zero-order chi connectivity index (χ0) is 7.40. The zero-order valence-electron chi connectivity index (χ0n) is 5.80.